The Kier molecular flexibility index (Phi) is 4.98. The summed E-state index contributed by atoms with van der Waals surface area (Å²) in [7, 11) is 0. The Bertz CT molecular complexity index is 442. The minimum Gasteiger partial charge on any atom is -0.368 e. The van der Waals surface area contributed by atoms with E-state index in [0.29, 0.717) is 19.6 Å². The molecule has 2 amide bonds. The van der Waals surface area contributed by atoms with Crippen molar-refractivity contribution in [2.75, 3.05) is 44.2 Å². The number of nitrogens with zero attached hydrogens (tertiary/aromatic N) is 3. The Morgan fingerprint density at radius 2 is 1.85 bits per heavy atom. The van der Waals surface area contributed by atoms with Gasteiger partial charge in [-0.25, -0.2) is 0 Å². The number of carbonyl (C=O) groups is 2. The van der Waals surface area contributed by atoms with E-state index in [1.165, 1.54) is 10.6 Å². The number of piperazine rings is 1. The zero-order chi connectivity index (χ0) is 14.4. The first-order valence-electron chi connectivity index (χ1n) is 7.01. The van der Waals surface area contributed by atoms with Crippen molar-refractivity contribution in [1.82, 2.24) is 9.80 Å². The monoisotopic (exact) mass is 275 g/mol. The topological polar surface area (TPSA) is 43.9 Å². The quantitative estimate of drug-likeness (QED) is 0.747. The van der Waals surface area contributed by atoms with Gasteiger partial charge in [0.15, 0.2) is 0 Å². The minimum absolute atomic E-state index is 0.0339. The molecule has 1 aromatic rings. The Morgan fingerprint density at radius 3 is 2.40 bits per heavy atom. The van der Waals surface area contributed by atoms with Crippen LogP contribution in [0.5, 0.6) is 0 Å². The lowest BCUT2D eigenvalue weighted by Crippen LogP contribution is -2.51. The standard InChI is InChI=1S/C15H21N3O2/c1-2-16(13-19)12-15(20)18-10-8-17(9-11-18)14-6-4-3-5-7-14/h3-7,13H,2,8-12H2,1H3. The molecule has 20 heavy (non-hydrogen) atoms. The van der Waals surface area contributed by atoms with Crippen molar-refractivity contribution in [3.63, 3.8) is 0 Å². The molecule has 0 atom stereocenters. The second-order valence-electron chi connectivity index (χ2n) is 4.87. The Morgan fingerprint density at radius 1 is 1.20 bits per heavy atom. The summed E-state index contributed by atoms with van der Waals surface area (Å²) in [6, 6.07) is 10.2. The van der Waals surface area contributed by atoms with Gasteiger partial charge in [0, 0.05) is 38.4 Å². The van der Waals surface area contributed by atoms with Crippen LogP contribution in [0.15, 0.2) is 30.3 Å². The first-order chi connectivity index (χ1) is 9.74. The van der Waals surface area contributed by atoms with Crippen molar-refractivity contribution in [3.05, 3.63) is 30.3 Å². The molecule has 1 heterocycles. The van der Waals surface area contributed by atoms with Crippen molar-refractivity contribution >= 4 is 18.0 Å². The van der Waals surface area contributed by atoms with Crippen LogP contribution < -0.4 is 4.90 Å². The fraction of sp³-hybridized carbons (Fsp3) is 0.467. The van der Waals surface area contributed by atoms with Crippen LogP contribution in [0, 0.1) is 0 Å². The third-order valence-electron chi connectivity index (χ3n) is 3.65. The van der Waals surface area contributed by atoms with Gasteiger partial charge in [0.1, 0.15) is 0 Å². The van der Waals surface area contributed by atoms with Crippen LogP contribution in [0.1, 0.15) is 6.92 Å². The number of hydrogen-bond acceptors (Lipinski definition) is 3. The smallest absolute Gasteiger partial charge is 0.242 e. The number of amides is 2. The van der Waals surface area contributed by atoms with Crippen molar-refractivity contribution in [2.45, 2.75) is 6.92 Å². The summed E-state index contributed by atoms with van der Waals surface area (Å²) < 4.78 is 0. The van der Waals surface area contributed by atoms with E-state index in [4.69, 9.17) is 0 Å². The van der Waals surface area contributed by atoms with E-state index in [2.05, 4.69) is 17.0 Å². The number of para-hydroxylation sites is 1. The van der Waals surface area contributed by atoms with E-state index in [1.807, 2.05) is 30.0 Å². The molecule has 0 aliphatic carbocycles. The normalized spacial score (nSPS) is 15.1. The number of anilines is 1. The highest BCUT2D eigenvalue weighted by atomic mass is 16.2. The van der Waals surface area contributed by atoms with Crippen LogP contribution in [0.2, 0.25) is 0 Å². The highest BCUT2D eigenvalue weighted by Crippen LogP contribution is 2.15. The van der Waals surface area contributed by atoms with Gasteiger partial charge in [-0.2, -0.15) is 0 Å². The van der Waals surface area contributed by atoms with E-state index in [9.17, 15) is 9.59 Å². The first kappa shape index (κ1) is 14.4. The average Bonchev–Trinajstić information content (AvgIpc) is 2.53. The van der Waals surface area contributed by atoms with Crippen LogP contribution in [0.3, 0.4) is 0 Å². The largest absolute Gasteiger partial charge is 0.368 e. The molecule has 1 aliphatic rings. The van der Waals surface area contributed by atoms with Crippen molar-refractivity contribution < 1.29 is 9.59 Å². The SMILES string of the molecule is CCN(C=O)CC(=O)N1CCN(c2ccccc2)CC1. The average molecular weight is 275 g/mol. The summed E-state index contributed by atoms with van der Waals surface area (Å²) in [5.74, 6) is 0.0339. The lowest BCUT2D eigenvalue weighted by atomic mass is 10.2. The van der Waals surface area contributed by atoms with Gasteiger partial charge in [-0.1, -0.05) is 18.2 Å². The molecule has 1 fully saturated rings. The molecule has 1 aliphatic heterocycles. The van der Waals surface area contributed by atoms with Gasteiger partial charge in [0.05, 0.1) is 6.54 Å². The fourth-order valence-corrected chi connectivity index (χ4v) is 2.35. The van der Waals surface area contributed by atoms with Gasteiger partial charge < -0.3 is 14.7 Å². The number of benzene rings is 1. The summed E-state index contributed by atoms with van der Waals surface area (Å²) in [4.78, 5) is 28.4. The van der Waals surface area contributed by atoms with E-state index in [1.54, 1.807) is 0 Å². The molecule has 2 rings (SSSR count). The third-order valence-corrected chi connectivity index (χ3v) is 3.65. The van der Waals surface area contributed by atoms with Gasteiger partial charge in [0.2, 0.25) is 12.3 Å². The molecule has 1 saturated heterocycles. The number of likely N-dealkylation sites (N-methyl/N-ethyl adjacent to an activating group) is 1. The van der Waals surface area contributed by atoms with Crippen molar-refractivity contribution in [1.29, 1.82) is 0 Å². The molecule has 5 heteroatoms. The van der Waals surface area contributed by atoms with Crippen LogP contribution in [0.25, 0.3) is 0 Å². The second kappa shape index (κ2) is 6.93. The summed E-state index contributed by atoms with van der Waals surface area (Å²) in [5.41, 5.74) is 1.20. The molecule has 0 N–H and O–H groups in total. The predicted molar refractivity (Wildman–Crippen MR) is 78.5 cm³/mol. The lowest BCUT2D eigenvalue weighted by molar-refractivity contribution is -0.135. The molecule has 0 bridgehead atoms. The zero-order valence-electron chi connectivity index (χ0n) is 11.9. The van der Waals surface area contributed by atoms with E-state index >= 15 is 0 Å². The fourth-order valence-electron chi connectivity index (χ4n) is 2.35. The maximum absolute atomic E-state index is 12.1. The summed E-state index contributed by atoms with van der Waals surface area (Å²) in [5, 5.41) is 0. The maximum atomic E-state index is 12.1. The molecular weight excluding hydrogens is 254 g/mol. The molecule has 108 valence electrons. The van der Waals surface area contributed by atoms with Gasteiger partial charge >= 0.3 is 0 Å². The van der Waals surface area contributed by atoms with Crippen LogP contribution >= 0.6 is 0 Å². The molecule has 0 radical (unpaired) electrons. The minimum atomic E-state index is 0.0339. The van der Waals surface area contributed by atoms with E-state index < -0.39 is 0 Å². The van der Waals surface area contributed by atoms with Crippen LogP contribution in [-0.2, 0) is 9.59 Å². The molecule has 0 unspecified atom stereocenters. The van der Waals surface area contributed by atoms with Crippen molar-refractivity contribution in [3.8, 4) is 0 Å². The Balaban J connectivity index is 1.85. The van der Waals surface area contributed by atoms with Gasteiger partial charge in [-0.3, -0.25) is 9.59 Å². The summed E-state index contributed by atoms with van der Waals surface area (Å²) in [6.07, 6.45) is 0.734. The number of carbonyl (C=O) groups excluding carboxylic acids is 2. The lowest BCUT2D eigenvalue weighted by Gasteiger charge is -2.36. The zero-order valence-corrected chi connectivity index (χ0v) is 11.9. The first-order valence-corrected chi connectivity index (χ1v) is 7.01. The summed E-state index contributed by atoms with van der Waals surface area (Å²) in [6.45, 7) is 5.72. The van der Waals surface area contributed by atoms with Gasteiger partial charge in [0.25, 0.3) is 0 Å². The van der Waals surface area contributed by atoms with E-state index in [0.717, 1.165) is 19.5 Å². The van der Waals surface area contributed by atoms with Crippen LogP contribution in [0.4, 0.5) is 5.69 Å². The third kappa shape index (κ3) is 3.50. The highest BCUT2D eigenvalue weighted by molar-refractivity contribution is 5.80. The van der Waals surface area contributed by atoms with Gasteiger partial charge in [-0.15, -0.1) is 0 Å². The van der Waals surface area contributed by atoms with Gasteiger partial charge in [-0.05, 0) is 19.1 Å². The molecule has 0 spiro atoms. The number of rotatable bonds is 5. The maximum Gasteiger partial charge on any atom is 0.242 e. The Labute approximate surface area is 119 Å². The number of hydrogen-bond donors (Lipinski definition) is 0. The Hall–Kier alpha value is -2.04. The molecule has 1 aromatic carbocycles. The predicted octanol–water partition coefficient (Wildman–Crippen LogP) is 0.813. The van der Waals surface area contributed by atoms with Crippen LogP contribution in [-0.4, -0.2) is 61.4 Å². The molecular formula is C15H21N3O2. The highest BCUT2D eigenvalue weighted by Gasteiger charge is 2.22. The molecule has 0 saturated carbocycles. The molecule has 0 aromatic heterocycles. The van der Waals surface area contributed by atoms with Crippen molar-refractivity contribution in [2.24, 2.45) is 0 Å². The van der Waals surface area contributed by atoms with E-state index in [-0.39, 0.29) is 12.5 Å². The summed E-state index contributed by atoms with van der Waals surface area (Å²) >= 11 is 0. The molecule has 5 nitrogen and oxygen atoms in total. The second-order valence-corrected chi connectivity index (χ2v) is 4.87.